The van der Waals surface area contributed by atoms with E-state index >= 15 is 0 Å². The number of aliphatic hydroxyl groups is 7. The summed E-state index contributed by atoms with van der Waals surface area (Å²) in [6, 6.07) is 3.93. The summed E-state index contributed by atoms with van der Waals surface area (Å²) in [4.78, 5) is 47.0. The van der Waals surface area contributed by atoms with Gasteiger partial charge in [-0.2, -0.15) is 0 Å². The second kappa shape index (κ2) is 22.2. The highest BCUT2D eigenvalue weighted by Crippen LogP contribution is 2.35. The molecule has 57 heavy (non-hydrogen) atoms. The minimum Gasteiger partial charge on any atom is -0.427 e. The molecule has 3 fully saturated rings. The van der Waals surface area contributed by atoms with Gasteiger partial charge in [-0.1, -0.05) is 0 Å². The van der Waals surface area contributed by atoms with E-state index in [1.807, 2.05) is 0 Å². The van der Waals surface area contributed by atoms with Gasteiger partial charge in [0.15, 0.2) is 12.6 Å². The molecule has 1 aromatic rings. The number of nitrogens with zero attached hydrogens (tertiary/aromatic N) is 1. The molecule has 322 valence electrons. The molecule has 20 nitrogen and oxygen atoms in total. The van der Waals surface area contributed by atoms with E-state index in [0.29, 0.717) is 25.7 Å². The lowest BCUT2D eigenvalue weighted by Gasteiger charge is -2.49. The van der Waals surface area contributed by atoms with Crippen LogP contribution in [-0.4, -0.2) is 158 Å². The smallest absolute Gasteiger partial charge is 0.311 e. The van der Waals surface area contributed by atoms with Gasteiger partial charge in [-0.05, 0) is 51.2 Å². The first-order valence-corrected chi connectivity index (χ1v) is 19.2. The monoisotopic (exact) mass is 816 g/mol. The summed E-state index contributed by atoms with van der Waals surface area (Å²) in [5.41, 5.74) is -0.131. The number of nitro benzene ring substituents is 1. The fourth-order valence-corrected chi connectivity index (χ4v) is 7.16. The number of nitrogens with one attached hydrogen (secondary N) is 1. The van der Waals surface area contributed by atoms with Gasteiger partial charge in [0, 0.05) is 63.9 Å². The van der Waals surface area contributed by atoms with Crippen LogP contribution in [-0.2, 0) is 38.1 Å². The molecular weight excluding hydrogens is 760 g/mol. The van der Waals surface area contributed by atoms with Gasteiger partial charge in [-0.15, -0.1) is 0 Å². The number of amides is 1. The quantitative estimate of drug-likeness (QED) is 0.0261. The van der Waals surface area contributed by atoms with Crippen LogP contribution in [0.25, 0.3) is 0 Å². The summed E-state index contributed by atoms with van der Waals surface area (Å²) in [5, 5.41) is 87.0. The van der Waals surface area contributed by atoms with Crippen LogP contribution in [0, 0.1) is 16.0 Å². The Bertz CT molecular complexity index is 1440. The van der Waals surface area contributed by atoms with Gasteiger partial charge in [-0.25, -0.2) is 0 Å². The van der Waals surface area contributed by atoms with Crippen LogP contribution in [0.4, 0.5) is 5.69 Å². The maximum Gasteiger partial charge on any atom is 0.311 e. The second-order valence-corrected chi connectivity index (χ2v) is 14.7. The van der Waals surface area contributed by atoms with Crippen LogP contribution in [0.3, 0.4) is 0 Å². The third-order valence-corrected chi connectivity index (χ3v) is 10.4. The summed E-state index contributed by atoms with van der Waals surface area (Å²) < 4.78 is 35.5. The van der Waals surface area contributed by atoms with Gasteiger partial charge < -0.3 is 69.5 Å². The van der Waals surface area contributed by atoms with Gasteiger partial charge in [0.2, 0.25) is 5.91 Å². The average molecular weight is 817 g/mol. The second-order valence-electron chi connectivity index (χ2n) is 14.7. The molecule has 8 N–H and O–H groups in total. The fraction of sp³-hybridized carbons (Fsp3) is 0.757. The Labute approximate surface area is 329 Å². The molecular formula is C37H56N2O18. The molecule has 0 aromatic heterocycles. The number of carbonyl (C=O) groups is 3. The van der Waals surface area contributed by atoms with Crippen molar-refractivity contribution in [3.8, 4) is 5.75 Å². The molecule has 14 atom stereocenters. The summed E-state index contributed by atoms with van der Waals surface area (Å²) in [6.07, 6.45) is -13.5. The largest absolute Gasteiger partial charge is 0.427 e. The number of ketones is 1. The minimum atomic E-state index is -1.58. The molecule has 0 bridgehead atoms. The Kier molecular flexibility index (Phi) is 18.1. The van der Waals surface area contributed by atoms with E-state index in [2.05, 4.69) is 5.32 Å². The van der Waals surface area contributed by atoms with Crippen molar-refractivity contribution in [1.82, 2.24) is 5.32 Å². The van der Waals surface area contributed by atoms with Crippen molar-refractivity contribution in [2.45, 2.75) is 151 Å². The van der Waals surface area contributed by atoms with E-state index in [9.17, 15) is 60.2 Å². The first-order valence-electron chi connectivity index (χ1n) is 19.2. The van der Waals surface area contributed by atoms with Gasteiger partial charge in [0.05, 0.1) is 42.0 Å². The Morgan fingerprint density at radius 2 is 1.51 bits per heavy atom. The number of carbonyl (C=O) groups excluding carboxylic acids is 3. The summed E-state index contributed by atoms with van der Waals surface area (Å²) in [5.74, 6) is -1.79. The van der Waals surface area contributed by atoms with Crippen molar-refractivity contribution in [1.29, 1.82) is 0 Å². The lowest BCUT2D eigenvalue weighted by atomic mass is 9.79. The number of hydrogen-bond acceptors (Lipinski definition) is 18. The van der Waals surface area contributed by atoms with E-state index in [1.165, 1.54) is 38.1 Å². The van der Waals surface area contributed by atoms with Crippen molar-refractivity contribution < 1.29 is 83.5 Å². The molecule has 1 aromatic carbocycles. The van der Waals surface area contributed by atoms with E-state index in [0.717, 1.165) is 0 Å². The molecule has 2 heterocycles. The van der Waals surface area contributed by atoms with Crippen LogP contribution in [0.1, 0.15) is 71.6 Å². The van der Waals surface area contributed by atoms with Crippen molar-refractivity contribution in [2.24, 2.45) is 5.92 Å². The van der Waals surface area contributed by atoms with Crippen LogP contribution < -0.4 is 10.1 Å². The number of ether oxygens (including phenoxy) is 6. The molecule has 0 spiro atoms. The summed E-state index contributed by atoms with van der Waals surface area (Å²) in [7, 11) is 0. The molecule has 2 aliphatic heterocycles. The number of nitro groups is 1. The van der Waals surface area contributed by atoms with Crippen molar-refractivity contribution in [3.05, 3.63) is 34.4 Å². The molecule has 1 saturated carbocycles. The molecule has 1 amide bonds. The van der Waals surface area contributed by atoms with E-state index in [1.54, 1.807) is 0 Å². The predicted molar refractivity (Wildman–Crippen MR) is 193 cm³/mol. The first-order chi connectivity index (χ1) is 27.1. The maximum absolute atomic E-state index is 12.6. The zero-order chi connectivity index (χ0) is 41.8. The molecule has 4 rings (SSSR count). The highest BCUT2D eigenvalue weighted by molar-refractivity contribution is 5.78. The Hall–Kier alpha value is -3.25. The number of aliphatic hydroxyl groups excluding tert-OH is 7. The normalized spacial score (nSPS) is 34.3. The van der Waals surface area contributed by atoms with E-state index in [4.69, 9.17) is 28.4 Å². The molecule has 1 aliphatic carbocycles. The maximum atomic E-state index is 12.6. The number of rotatable bonds is 20. The van der Waals surface area contributed by atoms with E-state index < -0.39 is 116 Å². The predicted octanol–water partition coefficient (Wildman–Crippen LogP) is -0.871. The van der Waals surface area contributed by atoms with Crippen LogP contribution in [0.15, 0.2) is 24.3 Å². The Balaban J connectivity index is 1.34. The van der Waals surface area contributed by atoms with Gasteiger partial charge in [0.1, 0.15) is 48.2 Å². The number of benzene rings is 1. The Morgan fingerprint density at radius 3 is 2.12 bits per heavy atom. The SMILES string of the molecule is CC(=O)NC1[C@@H](O[C@@H]2C(O[C@H]3C[C@@H](O)[C@H](O)C(C)O3)[C@H](OCCCCC(=O)CCCCC(=O)Oc3ccc([N+](=O)[O-])cc3)OC(CO)[C@@H]2O)CC(CO)[C@H](O)[C@@H]1O. The number of non-ortho nitro benzene ring substituents is 1. The zero-order valence-electron chi connectivity index (χ0n) is 31.9. The molecule has 0 radical (unpaired) electrons. The molecule has 20 heteroatoms. The summed E-state index contributed by atoms with van der Waals surface area (Å²) >= 11 is 0. The van der Waals surface area contributed by atoms with Gasteiger partial charge >= 0.3 is 5.97 Å². The highest BCUT2D eigenvalue weighted by atomic mass is 16.8. The lowest BCUT2D eigenvalue weighted by Crippen LogP contribution is -2.66. The average Bonchev–Trinajstić information content (AvgIpc) is 3.17. The van der Waals surface area contributed by atoms with Crippen LogP contribution in [0.2, 0.25) is 0 Å². The number of unbranched alkanes of at least 4 members (excludes halogenated alkanes) is 2. The number of hydrogen-bond donors (Lipinski definition) is 8. The summed E-state index contributed by atoms with van der Waals surface area (Å²) in [6.45, 7) is 1.55. The molecule has 2 saturated heterocycles. The van der Waals surface area contributed by atoms with Crippen LogP contribution in [0.5, 0.6) is 5.75 Å². The topological polar surface area (TPSA) is 303 Å². The fourth-order valence-electron chi connectivity index (χ4n) is 7.16. The van der Waals surface area contributed by atoms with Crippen molar-refractivity contribution >= 4 is 23.3 Å². The molecule has 5 unspecified atom stereocenters. The van der Waals surface area contributed by atoms with Gasteiger partial charge in [0.25, 0.3) is 5.69 Å². The van der Waals surface area contributed by atoms with Crippen molar-refractivity contribution in [2.75, 3.05) is 19.8 Å². The van der Waals surface area contributed by atoms with Crippen molar-refractivity contribution in [3.63, 3.8) is 0 Å². The van der Waals surface area contributed by atoms with E-state index in [-0.39, 0.29) is 55.9 Å². The number of esters is 1. The van der Waals surface area contributed by atoms with Crippen LogP contribution >= 0.6 is 0 Å². The minimum absolute atomic E-state index is 0.0198. The first kappa shape index (κ1) is 46.4. The van der Waals surface area contributed by atoms with Gasteiger partial charge in [-0.3, -0.25) is 24.5 Å². The third kappa shape index (κ3) is 13.1. The Morgan fingerprint density at radius 1 is 0.842 bits per heavy atom. The zero-order valence-corrected chi connectivity index (χ0v) is 31.9. The third-order valence-electron chi connectivity index (χ3n) is 10.4. The highest BCUT2D eigenvalue weighted by Gasteiger charge is 2.53. The lowest BCUT2D eigenvalue weighted by molar-refractivity contribution is -0.384. The number of Topliss-reactive ketones (excluding diaryl/α,β-unsaturated/α-hetero) is 1. The standard InChI is InChI=1S/C37H56N2O18/c1-19-31(46)25(44)16-29(53-19)57-36-35(55-26-15-21(17-40)32(47)34(49)30(26)38-20(2)42)33(48)27(18-41)56-37(36)52-14-6-5-8-23(43)7-3-4-9-28(45)54-24-12-10-22(11-13-24)39(50)51/h10-13,19,21,25-27,29-37,40-41,44,46-49H,3-9,14-18H2,1-2H3,(H,38,42)/t19?,21?,25-,26+,27?,29+,30?,31-,32+,33+,34-,35+,36?,37-/m1/s1. The molecule has 3 aliphatic rings.